The molecule has 3 fully saturated rings. The molecule has 0 aromatic carbocycles. The second-order valence-corrected chi connectivity index (χ2v) is 8.78. The summed E-state index contributed by atoms with van der Waals surface area (Å²) in [6.07, 6.45) is 2.83. The van der Waals surface area contributed by atoms with Crippen LogP contribution in [-0.2, 0) is 11.3 Å². The van der Waals surface area contributed by atoms with Crippen molar-refractivity contribution in [2.45, 2.75) is 52.3 Å². The molecular formula is C20H34IN5O2. The summed E-state index contributed by atoms with van der Waals surface area (Å²) >= 11 is 0. The maximum Gasteiger partial charge on any atom is 0.193 e. The van der Waals surface area contributed by atoms with Gasteiger partial charge in [0.2, 0.25) is 0 Å². The summed E-state index contributed by atoms with van der Waals surface area (Å²) in [4.78, 5) is 9.41. The maximum atomic E-state index is 6.04. The molecule has 1 N–H and O–H groups in total. The fourth-order valence-corrected chi connectivity index (χ4v) is 5.09. The number of hydrogen-bond acceptors (Lipinski definition) is 5. The highest BCUT2D eigenvalue weighted by Crippen LogP contribution is 2.51. The highest BCUT2D eigenvalue weighted by Gasteiger charge is 2.58. The zero-order valence-electron chi connectivity index (χ0n) is 17.5. The molecule has 1 saturated carbocycles. The van der Waals surface area contributed by atoms with Crippen molar-refractivity contribution >= 4 is 29.9 Å². The number of aliphatic imine (C=N–C) groups is 1. The van der Waals surface area contributed by atoms with Gasteiger partial charge < -0.3 is 19.5 Å². The number of nitrogens with one attached hydrogen (secondary N) is 1. The topological polar surface area (TPSA) is 66.1 Å². The van der Waals surface area contributed by atoms with Gasteiger partial charge in [0.1, 0.15) is 5.76 Å². The van der Waals surface area contributed by atoms with Gasteiger partial charge in [0, 0.05) is 69.8 Å². The van der Waals surface area contributed by atoms with Crippen LogP contribution in [0.5, 0.6) is 0 Å². The van der Waals surface area contributed by atoms with Gasteiger partial charge in [-0.25, -0.2) is 0 Å². The lowest BCUT2D eigenvalue weighted by molar-refractivity contribution is -0.188. The van der Waals surface area contributed by atoms with Gasteiger partial charge in [-0.05, 0) is 19.8 Å². The maximum absolute atomic E-state index is 6.04. The third kappa shape index (κ3) is 4.18. The molecule has 1 aromatic rings. The SMILES string of the molecule is CN=C(NC1C2CCCOC2C1(C)C)N1CCN(Cc2cc(C)on2)CC1.I. The van der Waals surface area contributed by atoms with Crippen molar-refractivity contribution in [3.63, 3.8) is 0 Å². The molecule has 8 heteroatoms. The van der Waals surface area contributed by atoms with Crippen molar-refractivity contribution in [1.29, 1.82) is 0 Å². The van der Waals surface area contributed by atoms with Crippen molar-refractivity contribution in [1.82, 2.24) is 20.3 Å². The van der Waals surface area contributed by atoms with Gasteiger partial charge in [-0.3, -0.25) is 9.89 Å². The summed E-state index contributed by atoms with van der Waals surface area (Å²) in [6, 6.07) is 2.46. The molecule has 0 bridgehead atoms. The summed E-state index contributed by atoms with van der Waals surface area (Å²) < 4.78 is 11.2. The second kappa shape index (κ2) is 8.87. The summed E-state index contributed by atoms with van der Waals surface area (Å²) in [5.74, 6) is 2.53. The molecular weight excluding hydrogens is 469 g/mol. The van der Waals surface area contributed by atoms with Crippen LogP contribution in [0.1, 0.15) is 38.1 Å². The van der Waals surface area contributed by atoms with Crippen molar-refractivity contribution in [3.8, 4) is 0 Å². The van der Waals surface area contributed by atoms with Crippen LogP contribution in [0.4, 0.5) is 0 Å². The van der Waals surface area contributed by atoms with Gasteiger partial charge in [0.15, 0.2) is 5.96 Å². The standard InChI is InChI=1S/C20H33N5O2.HI/c1-14-12-15(23-27-14)13-24-7-9-25(10-8-24)19(21-4)22-17-16-6-5-11-26-18(16)20(17,2)3;/h12,16-18H,5-11,13H2,1-4H3,(H,21,22);1H. The Labute approximate surface area is 185 Å². The Morgan fingerprint density at radius 1 is 1.32 bits per heavy atom. The zero-order valence-corrected chi connectivity index (χ0v) is 19.8. The van der Waals surface area contributed by atoms with Gasteiger partial charge in [-0.1, -0.05) is 19.0 Å². The van der Waals surface area contributed by atoms with E-state index >= 15 is 0 Å². The van der Waals surface area contributed by atoms with Gasteiger partial charge >= 0.3 is 0 Å². The Kier molecular flexibility index (Phi) is 6.92. The number of nitrogens with zero attached hydrogens (tertiary/aromatic N) is 4. The second-order valence-electron chi connectivity index (χ2n) is 8.78. The van der Waals surface area contributed by atoms with E-state index in [-0.39, 0.29) is 29.4 Å². The Bertz CT molecular complexity index is 684. The Hall–Kier alpha value is -0.870. The van der Waals surface area contributed by atoms with E-state index < -0.39 is 0 Å². The van der Waals surface area contributed by atoms with Crippen LogP contribution in [0.25, 0.3) is 0 Å². The van der Waals surface area contributed by atoms with Crippen LogP contribution < -0.4 is 5.32 Å². The Morgan fingerprint density at radius 2 is 2.07 bits per heavy atom. The third-order valence-corrected chi connectivity index (χ3v) is 6.56. The van der Waals surface area contributed by atoms with Gasteiger partial charge in [0.25, 0.3) is 0 Å². The molecule has 2 saturated heterocycles. The largest absolute Gasteiger partial charge is 0.377 e. The molecule has 3 atom stereocenters. The number of ether oxygens (including phenoxy) is 1. The van der Waals surface area contributed by atoms with Gasteiger partial charge in [0.05, 0.1) is 11.8 Å². The summed E-state index contributed by atoms with van der Waals surface area (Å²) in [5, 5.41) is 7.89. The highest BCUT2D eigenvalue weighted by molar-refractivity contribution is 14.0. The van der Waals surface area contributed by atoms with Crippen molar-refractivity contribution in [2.24, 2.45) is 16.3 Å². The Balaban J connectivity index is 0.00000225. The molecule has 0 amide bonds. The Morgan fingerprint density at radius 3 is 2.71 bits per heavy atom. The van der Waals surface area contributed by atoms with E-state index in [9.17, 15) is 0 Å². The number of guanidine groups is 1. The lowest BCUT2D eigenvalue weighted by Gasteiger charge is -2.60. The predicted molar refractivity (Wildman–Crippen MR) is 120 cm³/mol. The normalized spacial score (nSPS) is 30.2. The summed E-state index contributed by atoms with van der Waals surface area (Å²) in [7, 11) is 1.90. The number of hydrogen-bond donors (Lipinski definition) is 1. The average molecular weight is 503 g/mol. The van der Waals surface area contributed by atoms with Crippen molar-refractivity contribution in [3.05, 3.63) is 17.5 Å². The monoisotopic (exact) mass is 503 g/mol. The molecule has 0 radical (unpaired) electrons. The van der Waals surface area contributed by atoms with Crippen LogP contribution in [-0.4, -0.2) is 72.9 Å². The van der Waals surface area contributed by atoms with E-state index in [1.807, 2.05) is 20.0 Å². The molecule has 158 valence electrons. The van der Waals surface area contributed by atoms with Gasteiger partial charge in [-0.15, -0.1) is 24.0 Å². The van der Waals surface area contributed by atoms with E-state index in [0.717, 1.165) is 56.7 Å². The first-order valence-corrected chi connectivity index (χ1v) is 10.2. The number of aryl methyl sites for hydroxylation is 1. The first-order chi connectivity index (χ1) is 13.0. The predicted octanol–water partition coefficient (Wildman–Crippen LogP) is 2.50. The number of piperazine rings is 1. The smallest absolute Gasteiger partial charge is 0.193 e. The van der Waals surface area contributed by atoms with E-state index in [1.165, 1.54) is 12.8 Å². The van der Waals surface area contributed by atoms with Crippen molar-refractivity contribution < 1.29 is 9.26 Å². The number of aromatic nitrogens is 1. The fourth-order valence-electron chi connectivity index (χ4n) is 5.09. The lowest BCUT2D eigenvalue weighted by Crippen LogP contribution is -2.71. The number of rotatable bonds is 3. The van der Waals surface area contributed by atoms with Crippen LogP contribution >= 0.6 is 24.0 Å². The highest BCUT2D eigenvalue weighted by atomic mass is 127. The third-order valence-electron chi connectivity index (χ3n) is 6.56. The molecule has 1 aliphatic carbocycles. The van der Waals surface area contributed by atoms with E-state index in [2.05, 4.69) is 39.1 Å². The molecule has 2 aliphatic heterocycles. The van der Waals surface area contributed by atoms with Crippen LogP contribution in [0.2, 0.25) is 0 Å². The first-order valence-electron chi connectivity index (χ1n) is 10.2. The van der Waals surface area contributed by atoms with Crippen LogP contribution in [0, 0.1) is 18.3 Å². The fraction of sp³-hybridized carbons (Fsp3) is 0.800. The first kappa shape index (κ1) is 21.8. The average Bonchev–Trinajstić information content (AvgIpc) is 3.08. The molecule has 1 aromatic heterocycles. The minimum atomic E-state index is 0. The minimum absolute atomic E-state index is 0. The number of fused-ring (bicyclic) bond motifs is 1. The van der Waals surface area contributed by atoms with Crippen molar-refractivity contribution in [2.75, 3.05) is 39.8 Å². The van der Waals surface area contributed by atoms with E-state index in [4.69, 9.17) is 9.26 Å². The number of halogens is 1. The zero-order chi connectivity index (χ0) is 19.0. The molecule has 3 heterocycles. The quantitative estimate of drug-likeness (QED) is 0.389. The van der Waals surface area contributed by atoms with Crippen LogP contribution in [0.15, 0.2) is 15.6 Å². The molecule has 0 spiro atoms. The van der Waals surface area contributed by atoms with E-state index in [0.29, 0.717) is 18.1 Å². The van der Waals surface area contributed by atoms with Gasteiger partial charge in [-0.2, -0.15) is 0 Å². The lowest BCUT2D eigenvalue weighted by atomic mass is 9.55. The molecule has 28 heavy (non-hydrogen) atoms. The van der Waals surface area contributed by atoms with Crippen LogP contribution in [0.3, 0.4) is 0 Å². The molecule has 7 nitrogen and oxygen atoms in total. The molecule has 4 rings (SSSR count). The van der Waals surface area contributed by atoms with E-state index in [1.54, 1.807) is 0 Å². The summed E-state index contributed by atoms with van der Waals surface area (Å²) in [6.45, 7) is 12.3. The summed E-state index contributed by atoms with van der Waals surface area (Å²) in [5.41, 5.74) is 1.18. The molecule has 3 unspecified atom stereocenters. The minimum Gasteiger partial charge on any atom is -0.377 e. The molecule has 3 aliphatic rings.